The Kier molecular flexibility index (Phi) is 10.3. The van der Waals surface area contributed by atoms with Crippen LogP contribution in [0.15, 0.2) is 59.4 Å². The number of hydrogen-bond acceptors (Lipinski definition) is 6. The van der Waals surface area contributed by atoms with E-state index >= 15 is 0 Å². The monoisotopic (exact) mass is 629 g/mol. The maximum atomic E-state index is 13.1. The van der Waals surface area contributed by atoms with Gasteiger partial charge < -0.3 is 10.2 Å². The molecule has 1 aliphatic heterocycles. The van der Waals surface area contributed by atoms with Crippen molar-refractivity contribution in [2.45, 2.75) is 37.2 Å². The molecule has 1 fully saturated rings. The summed E-state index contributed by atoms with van der Waals surface area (Å²) in [5, 5.41) is 18.7. The van der Waals surface area contributed by atoms with E-state index in [0.29, 0.717) is 23.3 Å². The number of carbonyl (C=O) groups is 1. The van der Waals surface area contributed by atoms with Crippen LogP contribution in [0.2, 0.25) is 0 Å². The molecule has 1 aromatic heterocycles. The van der Waals surface area contributed by atoms with Crippen LogP contribution in [0.5, 0.6) is 0 Å². The lowest BCUT2D eigenvalue weighted by Crippen LogP contribution is -2.53. The molecule has 0 aliphatic carbocycles. The van der Waals surface area contributed by atoms with Gasteiger partial charge in [0.25, 0.3) is 5.60 Å². The van der Waals surface area contributed by atoms with E-state index in [0.717, 1.165) is 62.7 Å². The Morgan fingerprint density at radius 2 is 1.19 bits per heavy atom. The van der Waals surface area contributed by atoms with Crippen LogP contribution >= 0.6 is 11.3 Å². The van der Waals surface area contributed by atoms with Crippen molar-refractivity contribution in [1.29, 1.82) is 0 Å². The first-order chi connectivity index (χ1) is 19.4. The highest BCUT2D eigenvalue weighted by Gasteiger charge is 2.71. The summed E-state index contributed by atoms with van der Waals surface area (Å²) in [5.74, 6) is -2.76. The van der Waals surface area contributed by atoms with Crippen molar-refractivity contribution in [2.24, 2.45) is 0 Å². The molecule has 1 saturated heterocycles. The summed E-state index contributed by atoms with van der Waals surface area (Å²) in [6.07, 6.45) is -16.9. The Bertz CT molecular complexity index is 1270. The third kappa shape index (κ3) is 8.20. The summed E-state index contributed by atoms with van der Waals surface area (Å²) in [7, 11) is 0. The molecule has 230 valence electrons. The Morgan fingerprint density at radius 3 is 1.57 bits per heavy atom. The number of hydrogen-bond donors (Lipinski definition) is 2. The van der Waals surface area contributed by atoms with Crippen molar-refractivity contribution in [3.63, 3.8) is 0 Å². The molecule has 4 rings (SSSR count). The van der Waals surface area contributed by atoms with E-state index in [-0.39, 0.29) is 0 Å². The van der Waals surface area contributed by atoms with Gasteiger partial charge in [-0.05, 0) is 16.7 Å². The molecular weight excluding hydrogens is 605 g/mol. The number of carboxylic acid groups (broad SMARTS) is 1. The lowest BCUT2D eigenvalue weighted by molar-refractivity contribution is -0.376. The van der Waals surface area contributed by atoms with E-state index in [2.05, 4.69) is 14.8 Å². The van der Waals surface area contributed by atoms with Crippen molar-refractivity contribution in [3.05, 3.63) is 76.2 Å². The number of aliphatic carboxylic acids is 1. The van der Waals surface area contributed by atoms with E-state index in [4.69, 9.17) is 9.90 Å². The standard InChI is InChI=1S/C24H23F6N3OS.C2HF3O2/c25-23(26,27)22(34,24(28,29)30)20-7-5-19(6-8-20)18-3-1-17(2-4-18)13-32-9-11-33(12-10-32)14-21-15-35-16-31-21;3-2(4,5)1(6)7/h1-8,15-16,34H,9-14H2;(H,6,7). The van der Waals surface area contributed by atoms with Crippen molar-refractivity contribution < 1.29 is 54.5 Å². The van der Waals surface area contributed by atoms with E-state index in [1.807, 2.05) is 23.0 Å². The lowest BCUT2D eigenvalue weighted by Gasteiger charge is -2.34. The zero-order chi connectivity index (χ0) is 31.3. The van der Waals surface area contributed by atoms with Crippen LogP contribution in [-0.2, 0) is 23.5 Å². The SMILES string of the molecule is O=C(O)C(F)(F)F.OC(c1ccc(-c2ccc(CN3CCN(Cc4cscn4)CC3)cc2)cc1)(C(F)(F)F)C(F)(F)F. The largest absolute Gasteiger partial charge is 0.490 e. The van der Waals surface area contributed by atoms with Crippen molar-refractivity contribution in [3.8, 4) is 11.1 Å². The molecule has 0 bridgehead atoms. The minimum absolute atomic E-state index is 0.447. The van der Waals surface area contributed by atoms with Crippen LogP contribution in [0.4, 0.5) is 39.5 Å². The van der Waals surface area contributed by atoms with Crippen LogP contribution < -0.4 is 0 Å². The van der Waals surface area contributed by atoms with Gasteiger partial charge in [-0.1, -0.05) is 48.5 Å². The average Bonchev–Trinajstić information content (AvgIpc) is 3.41. The molecular formula is C26H24F9N3O3S. The second-order valence-corrected chi connectivity index (χ2v) is 10.0. The topological polar surface area (TPSA) is 76.9 Å². The molecule has 0 amide bonds. The molecule has 2 N–H and O–H groups in total. The fourth-order valence-corrected chi connectivity index (χ4v) is 4.65. The molecule has 3 aromatic rings. The Morgan fingerprint density at radius 1 is 0.762 bits per heavy atom. The highest BCUT2D eigenvalue weighted by molar-refractivity contribution is 7.07. The lowest BCUT2D eigenvalue weighted by atomic mass is 9.90. The first-order valence-electron chi connectivity index (χ1n) is 12.1. The van der Waals surface area contributed by atoms with E-state index in [1.165, 1.54) is 0 Å². The van der Waals surface area contributed by atoms with Gasteiger partial charge in [0.15, 0.2) is 0 Å². The number of halogens is 9. The summed E-state index contributed by atoms with van der Waals surface area (Å²) < 4.78 is 110. The van der Waals surface area contributed by atoms with Crippen molar-refractivity contribution >= 4 is 17.3 Å². The molecule has 0 saturated carbocycles. The van der Waals surface area contributed by atoms with Crippen LogP contribution in [0, 0.1) is 0 Å². The summed E-state index contributed by atoms with van der Waals surface area (Å²) in [5.41, 5.74) is -1.14. The predicted octanol–water partition coefficient (Wildman–Crippen LogP) is 6.07. The van der Waals surface area contributed by atoms with Gasteiger partial charge in [0.05, 0.1) is 11.2 Å². The predicted molar refractivity (Wildman–Crippen MR) is 134 cm³/mol. The number of alkyl halides is 9. The van der Waals surface area contributed by atoms with Gasteiger partial charge >= 0.3 is 24.5 Å². The van der Waals surface area contributed by atoms with Gasteiger partial charge in [0, 0.05) is 50.2 Å². The van der Waals surface area contributed by atoms with Gasteiger partial charge in [0.2, 0.25) is 0 Å². The molecule has 1 aliphatic rings. The summed E-state index contributed by atoms with van der Waals surface area (Å²) >= 11 is 1.58. The van der Waals surface area contributed by atoms with Gasteiger partial charge in [-0.3, -0.25) is 9.80 Å². The smallest absolute Gasteiger partial charge is 0.475 e. The Balaban J connectivity index is 0.000000616. The molecule has 0 unspecified atom stereocenters. The zero-order valence-corrected chi connectivity index (χ0v) is 22.3. The number of aliphatic hydroxyl groups is 1. The first-order valence-corrected chi connectivity index (χ1v) is 13.0. The normalized spacial score (nSPS) is 15.7. The van der Waals surface area contributed by atoms with Crippen LogP contribution in [0.3, 0.4) is 0 Å². The van der Waals surface area contributed by atoms with E-state index < -0.39 is 35.7 Å². The molecule has 0 radical (unpaired) electrons. The second kappa shape index (κ2) is 13.0. The third-order valence-corrected chi connectivity index (χ3v) is 7.03. The Hall–Kier alpha value is -3.21. The number of nitrogens with zero attached hydrogens (tertiary/aromatic N) is 3. The van der Waals surface area contributed by atoms with E-state index in [9.17, 15) is 44.6 Å². The van der Waals surface area contributed by atoms with Crippen LogP contribution in [0.25, 0.3) is 11.1 Å². The van der Waals surface area contributed by atoms with Crippen molar-refractivity contribution in [2.75, 3.05) is 26.2 Å². The van der Waals surface area contributed by atoms with Gasteiger partial charge in [-0.25, -0.2) is 9.78 Å². The fraction of sp³-hybridized carbons (Fsp3) is 0.385. The summed E-state index contributed by atoms with van der Waals surface area (Å²) in [4.78, 5) is 17.9. The summed E-state index contributed by atoms with van der Waals surface area (Å²) in [6.45, 7) is 5.28. The van der Waals surface area contributed by atoms with Gasteiger partial charge in [0.1, 0.15) is 0 Å². The zero-order valence-electron chi connectivity index (χ0n) is 21.5. The minimum atomic E-state index is -5.90. The van der Waals surface area contributed by atoms with Crippen molar-refractivity contribution in [1.82, 2.24) is 14.8 Å². The van der Waals surface area contributed by atoms with Gasteiger partial charge in [-0.15, -0.1) is 11.3 Å². The van der Waals surface area contributed by atoms with E-state index in [1.54, 1.807) is 23.5 Å². The maximum absolute atomic E-state index is 13.1. The van der Waals surface area contributed by atoms with Crippen LogP contribution in [-0.4, -0.2) is 75.7 Å². The maximum Gasteiger partial charge on any atom is 0.490 e. The molecule has 6 nitrogen and oxygen atoms in total. The average molecular weight is 630 g/mol. The number of thiazole rings is 1. The molecule has 16 heteroatoms. The molecule has 0 atom stereocenters. The molecule has 42 heavy (non-hydrogen) atoms. The minimum Gasteiger partial charge on any atom is -0.475 e. The Labute approximate surface area is 237 Å². The number of rotatable bonds is 6. The number of benzene rings is 2. The highest BCUT2D eigenvalue weighted by Crippen LogP contribution is 2.50. The number of carboxylic acids is 1. The quantitative estimate of drug-likeness (QED) is 0.323. The molecule has 2 aromatic carbocycles. The molecule has 2 heterocycles. The number of piperazine rings is 1. The highest BCUT2D eigenvalue weighted by atomic mass is 32.1. The molecule has 0 spiro atoms. The first kappa shape index (κ1) is 33.3. The second-order valence-electron chi connectivity index (χ2n) is 9.32. The van der Waals surface area contributed by atoms with Gasteiger partial charge in [-0.2, -0.15) is 39.5 Å². The number of aromatic nitrogens is 1. The van der Waals surface area contributed by atoms with Crippen LogP contribution in [0.1, 0.15) is 16.8 Å². The third-order valence-electron chi connectivity index (χ3n) is 6.39. The fourth-order valence-electron chi connectivity index (χ4n) is 4.10. The summed E-state index contributed by atoms with van der Waals surface area (Å²) in [6, 6.07) is 11.0.